The first-order chi connectivity index (χ1) is 7.08. The van der Waals surface area contributed by atoms with Gasteiger partial charge in [-0.05, 0) is 5.21 Å². The molecule has 0 amide bonds. The SMILES string of the molecule is Nc1nn[nH]n1.O.O=c1[nH]c(=O)[nH]c(=O)[nH]1. The van der Waals surface area contributed by atoms with Crippen molar-refractivity contribution in [3.8, 4) is 0 Å². The highest BCUT2D eigenvalue weighted by Gasteiger charge is 1.85. The zero-order chi connectivity index (χ0) is 11.3. The maximum absolute atomic E-state index is 10.2. The van der Waals surface area contributed by atoms with E-state index in [1.165, 1.54) is 0 Å². The fourth-order valence-corrected chi connectivity index (χ4v) is 0.573. The molecule has 0 atom stereocenters. The minimum absolute atomic E-state index is 0. The second kappa shape index (κ2) is 5.86. The van der Waals surface area contributed by atoms with E-state index in [-0.39, 0.29) is 11.4 Å². The fourth-order valence-electron chi connectivity index (χ4n) is 0.573. The van der Waals surface area contributed by atoms with Crippen molar-refractivity contribution in [2.75, 3.05) is 5.73 Å². The number of hydrogen-bond acceptors (Lipinski definition) is 7. The van der Waals surface area contributed by atoms with Crippen LogP contribution >= 0.6 is 0 Å². The Hall–Kier alpha value is -2.76. The van der Waals surface area contributed by atoms with Crippen molar-refractivity contribution < 1.29 is 5.48 Å². The second-order valence-electron chi connectivity index (χ2n) is 2.13. The first kappa shape index (κ1) is 13.2. The molecule has 0 saturated carbocycles. The van der Waals surface area contributed by atoms with E-state index in [2.05, 4.69) is 20.6 Å². The molecule has 0 aliphatic heterocycles. The van der Waals surface area contributed by atoms with Gasteiger partial charge in [0.05, 0.1) is 0 Å². The highest BCUT2D eigenvalue weighted by atomic mass is 16.2. The summed E-state index contributed by atoms with van der Waals surface area (Å²) < 4.78 is 0. The molecule has 0 aliphatic rings. The predicted molar refractivity (Wildman–Crippen MR) is 50.5 cm³/mol. The molecule has 0 radical (unpaired) electrons. The third kappa shape index (κ3) is 4.47. The minimum atomic E-state index is -0.802. The predicted octanol–water partition coefficient (Wildman–Crippen LogP) is -4.29. The summed E-state index contributed by atoms with van der Waals surface area (Å²) >= 11 is 0. The van der Waals surface area contributed by atoms with Crippen molar-refractivity contribution in [2.24, 2.45) is 0 Å². The summed E-state index contributed by atoms with van der Waals surface area (Å²) in [6.45, 7) is 0. The van der Waals surface area contributed by atoms with Gasteiger partial charge >= 0.3 is 17.1 Å². The largest absolute Gasteiger partial charge is 0.412 e. The fraction of sp³-hybridized carbons (Fsp3) is 0. The lowest BCUT2D eigenvalue weighted by atomic mass is 11.0. The average Bonchev–Trinajstić information content (AvgIpc) is 2.54. The Labute approximate surface area is 85.2 Å². The van der Waals surface area contributed by atoms with E-state index in [9.17, 15) is 14.4 Å². The number of nitrogens with one attached hydrogen (secondary N) is 4. The van der Waals surface area contributed by atoms with Crippen LogP contribution in [-0.4, -0.2) is 41.1 Å². The molecule has 2 rings (SSSR count). The molecule has 12 heteroatoms. The van der Waals surface area contributed by atoms with E-state index < -0.39 is 17.1 Å². The summed E-state index contributed by atoms with van der Waals surface area (Å²) in [6.07, 6.45) is 0. The van der Waals surface area contributed by atoms with Gasteiger partial charge in [-0.1, -0.05) is 5.10 Å². The zero-order valence-electron chi connectivity index (χ0n) is 7.64. The summed E-state index contributed by atoms with van der Waals surface area (Å²) in [6, 6.07) is 0. The molecular weight excluding hydrogens is 224 g/mol. The monoisotopic (exact) mass is 232 g/mol. The van der Waals surface area contributed by atoms with Gasteiger partial charge < -0.3 is 11.2 Å². The van der Waals surface area contributed by atoms with Crippen LogP contribution in [0.1, 0.15) is 0 Å². The van der Waals surface area contributed by atoms with Crippen LogP contribution < -0.4 is 22.8 Å². The maximum atomic E-state index is 10.2. The summed E-state index contributed by atoms with van der Waals surface area (Å²) in [4.78, 5) is 35.9. The van der Waals surface area contributed by atoms with Crippen LogP contribution in [-0.2, 0) is 0 Å². The Balaban J connectivity index is 0.000000283. The van der Waals surface area contributed by atoms with Crippen molar-refractivity contribution in [1.82, 2.24) is 35.6 Å². The molecule has 2 aromatic rings. The van der Waals surface area contributed by atoms with Crippen LogP contribution in [0.15, 0.2) is 14.4 Å². The number of aromatic amines is 4. The van der Waals surface area contributed by atoms with Crippen molar-refractivity contribution in [3.05, 3.63) is 31.5 Å². The molecule has 0 fully saturated rings. The second-order valence-corrected chi connectivity index (χ2v) is 2.13. The average molecular weight is 232 g/mol. The van der Waals surface area contributed by atoms with Gasteiger partial charge in [0, 0.05) is 0 Å². The molecule has 16 heavy (non-hydrogen) atoms. The van der Waals surface area contributed by atoms with Crippen LogP contribution in [0.25, 0.3) is 0 Å². The number of rotatable bonds is 0. The molecule has 0 aromatic carbocycles. The van der Waals surface area contributed by atoms with Gasteiger partial charge in [0.15, 0.2) is 0 Å². The number of nitrogens with zero attached hydrogens (tertiary/aromatic N) is 3. The first-order valence-electron chi connectivity index (χ1n) is 3.50. The first-order valence-corrected chi connectivity index (χ1v) is 3.50. The quantitative estimate of drug-likeness (QED) is 0.301. The molecule has 88 valence electrons. The van der Waals surface area contributed by atoms with Gasteiger partial charge in [-0.2, -0.15) is 5.21 Å². The highest BCUT2D eigenvalue weighted by molar-refractivity contribution is 5.05. The van der Waals surface area contributed by atoms with Gasteiger partial charge in [-0.15, -0.1) is 5.10 Å². The number of nitrogens with two attached hydrogens (primary N) is 1. The van der Waals surface area contributed by atoms with Gasteiger partial charge in [-0.3, -0.25) is 15.0 Å². The van der Waals surface area contributed by atoms with E-state index >= 15 is 0 Å². The molecule has 2 heterocycles. The van der Waals surface area contributed by atoms with E-state index in [4.69, 9.17) is 5.73 Å². The Morgan fingerprint density at radius 1 is 0.938 bits per heavy atom. The Morgan fingerprint density at radius 2 is 1.38 bits per heavy atom. The van der Waals surface area contributed by atoms with E-state index in [0.717, 1.165) is 0 Å². The Bertz CT molecular complexity index is 484. The Kier molecular flexibility index (Phi) is 4.85. The lowest BCUT2D eigenvalue weighted by Crippen LogP contribution is -2.34. The number of tetrazole rings is 1. The smallest absolute Gasteiger partial charge is 0.330 e. The van der Waals surface area contributed by atoms with Crippen LogP contribution in [0.3, 0.4) is 0 Å². The van der Waals surface area contributed by atoms with E-state index in [1.54, 1.807) is 15.0 Å². The van der Waals surface area contributed by atoms with Crippen molar-refractivity contribution in [1.29, 1.82) is 0 Å². The van der Waals surface area contributed by atoms with Gasteiger partial charge in [0.1, 0.15) is 0 Å². The molecule has 12 nitrogen and oxygen atoms in total. The number of hydrogen-bond donors (Lipinski definition) is 5. The lowest BCUT2D eigenvalue weighted by Gasteiger charge is -1.77. The van der Waals surface area contributed by atoms with Crippen molar-refractivity contribution >= 4 is 5.95 Å². The van der Waals surface area contributed by atoms with Crippen molar-refractivity contribution in [3.63, 3.8) is 0 Å². The minimum Gasteiger partial charge on any atom is -0.412 e. The molecule has 0 spiro atoms. The zero-order valence-corrected chi connectivity index (χ0v) is 7.64. The standard InChI is InChI=1S/C3H3N3O3.CH3N5.H2O/c7-1-4-2(8)6-3(9)5-1;2-1-3-5-6-4-1;/h(H3,4,5,6,7,8,9);(H3,2,3,4,5,6);1H2. The molecule has 0 bridgehead atoms. The van der Waals surface area contributed by atoms with Gasteiger partial charge in [0.25, 0.3) is 5.95 Å². The highest BCUT2D eigenvalue weighted by Crippen LogP contribution is 1.72. The Morgan fingerprint density at radius 3 is 1.56 bits per heavy atom. The lowest BCUT2D eigenvalue weighted by molar-refractivity contribution is 0.824. The van der Waals surface area contributed by atoms with Crippen molar-refractivity contribution in [2.45, 2.75) is 0 Å². The molecule has 2 aromatic heterocycles. The molecule has 0 saturated heterocycles. The molecule has 8 N–H and O–H groups in total. The number of nitrogen functional groups attached to an aromatic ring is 1. The third-order valence-corrected chi connectivity index (χ3v) is 1.04. The summed E-state index contributed by atoms with van der Waals surface area (Å²) in [7, 11) is 0. The number of anilines is 1. The maximum Gasteiger partial charge on any atom is 0.330 e. The van der Waals surface area contributed by atoms with Crippen LogP contribution in [0.4, 0.5) is 5.95 Å². The van der Waals surface area contributed by atoms with E-state index in [0.29, 0.717) is 0 Å². The van der Waals surface area contributed by atoms with E-state index in [1.807, 2.05) is 0 Å². The third-order valence-electron chi connectivity index (χ3n) is 1.04. The molecule has 0 unspecified atom stereocenters. The van der Waals surface area contributed by atoms with Gasteiger partial charge in [0.2, 0.25) is 0 Å². The normalized spacial score (nSPS) is 8.50. The summed E-state index contributed by atoms with van der Waals surface area (Å²) in [5.41, 5.74) is 2.56. The van der Waals surface area contributed by atoms with Crippen LogP contribution in [0.2, 0.25) is 0 Å². The number of H-pyrrole nitrogens is 4. The summed E-state index contributed by atoms with van der Waals surface area (Å²) in [5, 5.41) is 12.0. The molecule has 0 aliphatic carbocycles. The van der Waals surface area contributed by atoms with Gasteiger partial charge in [-0.25, -0.2) is 14.4 Å². The van der Waals surface area contributed by atoms with Crippen LogP contribution in [0, 0.1) is 0 Å². The summed E-state index contributed by atoms with van der Waals surface area (Å²) in [5.74, 6) is 0.176. The molecular formula is C4H8N8O4. The van der Waals surface area contributed by atoms with Crippen LogP contribution in [0.5, 0.6) is 0 Å². The topological polar surface area (TPSA) is 211 Å². The number of aromatic nitrogens is 7.